The molecule has 6 nitrogen and oxygen atoms in total. The molecule has 126 valence electrons. The molecule has 0 aromatic carbocycles. The van der Waals surface area contributed by atoms with Crippen LogP contribution in [0, 0.1) is 0 Å². The maximum atomic E-state index is 12.5. The molecule has 0 radical (unpaired) electrons. The zero-order chi connectivity index (χ0) is 17.5. The van der Waals surface area contributed by atoms with E-state index in [2.05, 4.69) is 10.6 Å². The van der Waals surface area contributed by atoms with E-state index in [0.29, 0.717) is 5.57 Å². The van der Waals surface area contributed by atoms with Crippen molar-refractivity contribution in [3.05, 3.63) is 44.8 Å². The molecular formula is C16H16N2O4S2. The van der Waals surface area contributed by atoms with E-state index in [4.69, 9.17) is 4.74 Å². The third-order valence-corrected chi connectivity index (χ3v) is 4.68. The van der Waals surface area contributed by atoms with Crippen molar-refractivity contribution in [2.75, 3.05) is 7.05 Å². The first-order chi connectivity index (χ1) is 11.5. The summed E-state index contributed by atoms with van der Waals surface area (Å²) in [5.41, 5.74) is 0.368. The number of esters is 1. The molecule has 0 aliphatic rings. The first kappa shape index (κ1) is 17.9. The Morgan fingerprint density at radius 1 is 1.17 bits per heavy atom. The number of nitrogens with one attached hydrogen (secondary N) is 2. The highest BCUT2D eigenvalue weighted by atomic mass is 32.1. The number of urea groups is 1. The first-order valence-corrected chi connectivity index (χ1v) is 8.80. The number of thiophene rings is 2. The van der Waals surface area contributed by atoms with E-state index >= 15 is 0 Å². The van der Waals surface area contributed by atoms with Crippen LogP contribution in [0.3, 0.4) is 0 Å². The second-order valence-electron chi connectivity index (χ2n) is 4.67. The Morgan fingerprint density at radius 3 is 2.46 bits per heavy atom. The van der Waals surface area contributed by atoms with Crippen molar-refractivity contribution in [2.45, 2.75) is 13.0 Å². The molecule has 2 N–H and O–H groups in total. The fraction of sp³-hybridized carbons (Fsp3) is 0.188. The highest BCUT2D eigenvalue weighted by Gasteiger charge is 2.23. The van der Waals surface area contributed by atoms with E-state index in [1.165, 1.54) is 36.6 Å². The number of carbonyl (C=O) groups is 3. The molecule has 2 rings (SSSR count). The van der Waals surface area contributed by atoms with Crippen molar-refractivity contribution in [1.29, 1.82) is 0 Å². The predicted molar refractivity (Wildman–Crippen MR) is 94.7 cm³/mol. The molecule has 0 aliphatic carbocycles. The summed E-state index contributed by atoms with van der Waals surface area (Å²) in [5.74, 6) is -1.31. The Hall–Kier alpha value is -2.45. The van der Waals surface area contributed by atoms with E-state index < -0.39 is 24.0 Å². The first-order valence-electron chi connectivity index (χ1n) is 7.04. The summed E-state index contributed by atoms with van der Waals surface area (Å²) < 4.78 is 5.20. The number of hydrogen-bond donors (Lipinski definition) is 2. The highest BCUT2D eigenvalue weighted by molar-refractivity contribution is 7.12. The van der Waals surface area contributed by atoms with Gasteiger partial charge in [0.15, 0.2) is 6.10 Å². The van der Waals surface area contributed by atoms with Crippen molar-refractivity contribution < 1.29 is 19.1 Å². The minimum atomic E-state index is -1.10. The maximum Gasteiger partial charge on any atom is 0.340 e. The molecule has 0 saturated heterocycles. The van der Waals surface area contributed by atoms with Crippen LogP contribution in [0.15, 0.2) is 35.0 Å². The van der Waals surface area contributed by atoms with Gasteiger partial charge in [-0.1, -0.05) is 12.1 Å². The van der Waals surface area contributed by atoms with Gasteiger partial charge in [0, 0.05) is 16.8 Å². The van der Waals surface area contributed by atoms with Gasteiger partial charge in [-0.15, -0.1) is 22.7 Å². The van der Waals surface area contributed by atoms with Gasteiger partial charge < -0.3 is 10.1 Å². The van der Waals surface area contributed by atoms with E-state index in [0.717, 1.165) is 9.75 Å². The lowest BCUT2D eigenvalue weighted by Crippen LogP contribution is -2.43. The average Bonchev–Trinajstić information content (AvgIpc) is 3.25. The van der Waals surface area contributed by atoms with Gasteiger partial charge in [0.05, 0.1) is 5.57 Å². The lowest BCUT2D eigenvalue weighted by atomic mass is 10.2. The van der Waals surface area contributed by atoms with Crippen LogP contribution >= 0.6 is 22.7 Å². The molecule has 3 amide bonds. The lowest BCUT2D eigenvalue weighted by molar-refractivity contribution is -0.148. The summed E-state index contributed by atoms with van der Waals surface area (Å²) in [7, 11) is 1.39. The monoisotopic (exact) mass is 364 g/mol. The normalized spacial score (nSPS) is 12.3. The third-order valence-electron chi connectivity index (χ3n) is 2.95. The summed E-state index contributed by atoms with van der Waals surface area (Å²) >= 11 is 2.89. The Balaban J connectivity index is 2.14. The van der Waals surface area contributed by atoms with Gasteiger partial charge in [0.1, 0.15) is 0 Å². The molecule has 0 aliphatic heterocycles. The van der Waals surface area contributed by atoms with Gasteiger partial charge in [-0.2, -0.15) is 0 Å². The molecule has 0 unspecified atom stereocenters. The van der Waals surface area contributed by atoms with E-state index in [9.17, 15) is 14.4 Å². The summed E-state index contributed by atoms with van der Waals surface area (Å²) in [4.78, 5) is 37.1. The number of amides is 3. The van der Waals surface area contributed by atoms with Gasteiger partial charge in [-0.25, -0.2) is 9.59 Å². The van der Waals surface area contributed by atoms with Gasteiger partial charge >= 0.3 is 12.0 Å². The molecule has 0 bridgehead atoms. The van der Waals surface area contributed by atoms with E-state index in [-0.39, 0.29) is 0 Å². The van der Waals surface area contributed by atoms with Crippen LogP contribution < -0.4 is 10.6 Å². The number of imide groups is 1. The molecule has 0 spiro atoms. The van der Waals surface area contributed by atoms with Crippen LogP contribution in [-0.4, -0.2) is 31.1 Å². The quantitative estimate of drug-likeness (QED) is 0.631. The predicted octanol–water partition coefficient (Wildman–Crippen LogP) is 2.74. The number of ether oxygens (including phenoxy) is 1. The van der Waals surface area contributed by atoms with Crippen LogP contribution in [-0.2, 0) is 14.3 Å². The minimum absolute atomic E-state index is 0.368. The molecule has 24 heavy (non-hydrogen) atoms. The van der Waals surface area contributed by atoms with Crippen molar-refractivity contribution >= 4 is 52.2 Å². The van der Waals surface area contributed by atoms with Crippen LogP contribution in [0.1, 0.15) is 16.7 Å². The van der Waals surface area contributed by atoms with Crippen LogP contribution in [0.25, 0.3) is 11.6 Å². The van der Waals surface area contributed by atoms with Gasteiger partial charge in [0.25, 0.3) is 5.91 Å². The van der Waals surface area contributed by atoms with Crippen molar-refractivity contribution in [3.8, 4) is 0 Å². The molecular weight excluding hydrogens is 348 g/mol. The molecule has 2 aromatic rings. The topological polar surface area (TPSA) is 84.5 Å². The number of rotatable bonds is 5. The molecule has 0 saturated carbocycles. The fourth-order valence-electron chi connectivity index (χ4n) is 1.73. The summed E-state index contributed by atoms with van der Waals surface area (Å²) in [6.45, 7) is 1.41. The zero-order valence-corrected chi connectivity index (χ0v) is 14.7. The SMILES string of the molecule is CNC(=O)NC(=O)[C@@H](C)OC(=O)/C(=C/c1cccs1)c1cccs1. The largest absolute Gasteiger partial charge is 0.449 e. The summed E-state index contributed by atoms with van der Waals surface area (Å²) in [6, 6.07) is 6.74. The van der Waals surface area contributed by atoms with Gasteiger partial charge in [-0.3, -0.25) is 10.1 Å². The fourth-order valence-corrected chi connectivity index (χ4v) is 3.12. The van der Waals surface area contributed by atoms with Crippen LogP contribution in [0.5, 0.6) is 0 Å². The van der Waals surface area contributed by atoms with E-state index in [1.54, 1.807) is 12.1 Å². The summed E-state index contributed by atoms with van der Waals surface area (Å²) in [5, 5.41) is 8.09. The maximum absolute atomic E-state index is 12.5. The van der Waals surface area contributed by atoms with Gasteiger partial charge in [-0.05, 0) is 35.9 Å². The zero-order valence-electron chi connectivity index (χ0n) is 13.1. The second-order valence-corrected chi connectivity index (χ2v) is 6.59. The lowest BCUT2D eigenvalue weighted by Gasteiger charge is -2.13. The molecule has 0 fully saturated rings. The molecule has 1 atom stereocenters. The van der Waals surface area contributed by atoms with E-state index in [1.807, 2.05) is 29.0 Å². The Labute approximate surface area is 147 Å². The smallest absolute Gasteiger partial charge is 0.340 e. The molecule has 2 aromatic heterocycles. The highest BCUT2D eigenvalue weighted by Crippen LogP contribution is 2.26. The number of carbonyl (C=O) groups excluding carboxylic acids is 3. The van der Waals surface area contributed by atoms with Crippen LogP contribution in [0.2, 0.25) is 0 Å². The average molecular weight is 364 g/mol. The van der Waals surface area contributed by atoms with Crippen molar-refractivity contribution in [2.24, 2.45) is 0 Å². The van der Waals surface area contributed by atoms with Crippen molar-refractivity contribution in [3.63, 3.8) is 0 Å². The standard InChI is InChI=1S/C16H16N2O4S2/c1-10(14(19)18-16(21)17-2)22-15(20)12(13-6-4-8-24-13)9-11-5-3-7-23-11/h3-10H,1-2H3,(H2,17,18,19,21)/b12-9+/t10-/m1/s1. The third kappa shape index (κ3) is 4.77. The van der Waals surface area contributed by atoms with Crippen molar-refractivity contribution in [1.82, 2.24) is 10.6 Å². The second kappa shape index (κ2) is 8.42. The van der Waals surface area contributed by atoms with Gasteiger partial charge in [0.2, 0.25) is 0 Å². The van der Waals surface area contributed by atoms with Crippen LogP contribution in [0.4, 0.5) is 4.79 Å². The Kier molecular flexibility index (Phi) is 6.28. The Bertz CT molecular complexity index is 736. The molecule has 2 heterocycles. The number of hydrogen-bond acceptors (Lipinski definition) is 6. The Morgan fingerprint density at radius 2 is 1.88 bits per heavy atom. The molecule has 8 heteroatoms. The minimum Gasteiger partial charge on any atom is -0.449 e. The summed E-state index contributed by atoms with van der Waals surface area (Å²) in [6.07, 6.45) is 0.629.